The van der Waals surface area contributed by atoms with E-state index in [-0.39, 0.29) is 11.6 Å². The van der Waals surface area contributed by atoms with Gasteiger partial charge >= 0.3 is 5.97 Å². The molecule has 8 nitrogen and oxygen atoms in total. The lowest BCUT2D eigenvalue weighted by Crippen LogP contribution is -2.52. The van der Waals surface area contributed by atoms with Gasteiger partial charge in [0, 0.05) is 19.7 Å². The van der Waals surface area contributed by atoms with Crippen molar-refractivity contribution in [3.05, 3.63) is 17.5 Å². The van der Waals surface area contributed by atoms with Crippen LogP contribution in [0.3, 0.4) is 0 Å². The predicted molar refractivity (Wildman–Crippen MR) is 62.5 cm³/mol. The van der Waals surface area contributed by atoms with Gasteiger partial charge in [0.15, 0.2) is 11.5 Å². The lowest BCUT2D eigenvalue weighted by Gasteiger charge is -2.33. The summed E-state index contributed by atoms with van der Waals surface area (Å²) >= 11 is 0. The Labute approximate surface area is 109 Å². The minimum atomic E-state index is -1.14. The third-order valence-electron chi connectivity index (χ3n) is 2.93. The first kappa shape index (κ1) is 13.5. The van der Waals surface area contributed by atoms with Gasteiger partial charge in [-0.2, -0.15) is 0 Å². The SMILES string of the molecule is CNC(=O)C1COCCN1Cc1cc(C(=O)O)no1. The van der Waals surface area contributed by atoms with Crippen molar-refractivity contribution in [1.82, 2.24) is 15.4 Å². The molecule has 0 bridgehead atoms. The number of amides is 1. The summed E-state index contributed by atoms with van der Waals surface area (Å²) in [7, 11) is 1.56. The maximum atomic E-state index is 11.7. The number of aromatic nitrogens is 1. The third-order valence-corrected chi connectivity index (χ3v) is 2.93. The van der Waals surface area contributed by atoms with Gasteiger partial charge in [-0.15, -0.1) is 0 Å². The second-order valence-corrected chi connectivity index (χ2v) is 4.16. The van der Waals surface area contributed by atoms with Crippen molar-refractivity contribution >= 4 is 11.9 Å². The molecule has 1 saturated heterocycles. The van der Waals surface area contributed by atoms with Crippen LogP contribution in [0, 0.1) is 0 Å². The number of aromatic carboxylic acids is 1. The Morgan fingerprint density at radius 3 is 3.05 bits per heavy atom. The van der Waals surface area contributed by atoms with E-state index in [0.717, 1.165) is 0 Å². The number of morpholine rings is 1. The summed E-state index contributed by atoms with van der Waals surface area (Å²) in [4.78, 5) is 24.3. The summed E-state index contributed by atoms with van der Waals surface area (Å²) in [5.74, 6) is -0.870. The summed E-state index contributed by atoms with van der Waals surface area (Å²) in [5.41, 5.74) is -0.139. The molecule has 0 aromatic carbocycles. The minimum absolute atomic E-state index is 0.139. The summed E-state index contributed by atoms with van der Waals surface area (Å²) in [6, 6.07) is 0.954. The van der Waals surface area contributed by atoms with E-state index in [1.807, 2.05) is 4.90 Å². The highest BCUT2D eigenvalue weighted by Crippen LogP contribution is 2.13. The molecule has 104 valence electrons. The second-order valence-electron chi connectivity index (χ2n) is 4.16. The van der Waals surface area contributed by atoms with Crippen LogP contribution in [0.1, 0.15) is 16.2 Å². The van der Waals surface area contributed by atoms with Gasteiger partial charge in [0.05, 0.1) is 19.8 Å². The lowest BCUT2D eigenvalue weighted by atomic mass is 10.2. The highest BCUT2D eigenvalue weighted by Gasteiger charge is 2.29. The first-order valence-electron chi connectivity index (χ1n) is 5.84. The number of hydrogen-bond donors (Lipinski definition) is 2. The van der Waals surface area contributed by atoms with Crippen LogP contribution in [0.2, 0.25) is 0 Å². The van der Waals surface area contributed by atoms with E-state index in [4.69, 9.17) is 14.4 Å². The van der Waals surface area contributed by atoms with Crippen LogP contribution >= 0.6 is 0 Å². The summed E-state index contributed by atoms with van der Waals surface area (Å²) in [6.45, 7) is 1.72. The van der Waals surface area contributed by atoms with Crippen molar-refractivity contribution in [2.75, 3.05) is 26.8 Å². The van der Waals surface area contributed by atoms with Gasteiger partial charge in [-0.05, 0) is 0 Å². The fraction of sp³-hybridized carbons (Fsp3) is 0.545. The number of carboxylic acid groups (broad SMARTS) is 1. The standard InChI is InChI=1S/C11H15N3O5/c1-12-10(15)9-6-18-3-2-14(9)5-7-4-8(11(16)17)13-19-7/h4,9H,2-3,5-6H2,1H3,(H,12,15)(H,16,17). The van der Waals surface area contributed by atoms with Crippen molar-refractivity contribution in [1.29, 1.82) is 0 Å². The van der Waals surface area contributed by atoms with E-state index in [0.29, 0.717) is 32.1 Å². The van der Waals surface area contributed by atoms with Gasteiger partial charge < -0.3 is 19.7 Å². The monoisotopic (exact) mass is 269 g/mol. The number of carboxylic acids is 1. The molecule has 0 saturated carbocycles. The molecule has 1 aromatic heterocycles. The maximum absolute atomic E-state index is 11.7. The molecular weight excluding hydrogens is 254 g/mol. The summed E-state index contributed by atoms with van der Waals surface area (Å²) < 4.78 is 10.2. The van der Waals surface area contributed by atoms with Crippen molar-refractivity contribution in [2.24, 2.45) is 0 Å². The fourth-order valence-corrected chi connectivity index (χ4v) is 1.92. The number of nitrogens with one attached hydrogen (secondary N) is 1. The van der Waals surface area contributed by atoms with Crippen molar-refractivity contribution in [3.63, 3.8) is 0 Å². The number of ether oxygens (including phenoxy) is 1. The van der Waals surface area contributed by atoms with Crippen LogP contribution in [-0.2, 0) is 16.1 Å². The van der Waals surface area contributed by atoms with Crippen LogP contribution in [0.15, 0.2) is 10.6 Å². The molecule has 0 spiro atoms. The van der Waals surface area contributed by atoms with E-state index in [1.54, 1.807) is 7.05 Å². The molecule has 1 unspecified atom stereocenters. The first-order valence-corrected chi connectivity index (χ1v) is 5.84. The molecule has 1 amide bonds. The molecule has 2 N–H and O–H groups in total. The fourth-order valence-electron chi connectivity index (χ4n) is 1.92. The Bertz CT molecular complexity index is 473. The van der Waals surface area contributed by atoms with Crippen molar-refractivity contribution in [2.45, 2.75) is 12.6 Å². The van der Waals surface area contributed by atoms with E-state index < -0.39 is 12.0 Å². The maximum Gasteiger partial charge on any atom is 0.358 e. The quantitative estimate of drug-likeness (QED) is 0.746. The molecular formula is C11H15N3O5. The summed E-state index contributed by atoms with van der Waals surface area (Å²) in [5, 5.41) is 14.8. The summed E-state index contributed by atoms with van der Waals surface area (Å²) in [6.07, 6.45) is 0. The second kappa shape index (κ2) is 5.81. The topological polar surface area (TPSA) is 105 Å². The molecule has 1 fully saturated rings. The Morgan fingerprint density at radius 2 is 2.42 bits per heavy atom. The molecule has 1 aromatic rings. The van der Waals surface area contributed by atoms with Crippen LogP contribution in [0.4, 0.5) is 0 Å². The first-order chi connectivity index (χ1) is 9.11. The van der Waals surface area contributed by atoms with Crippen LogP contribution < -0.4 is 5.32 Å². The highest BCUT2D eigenvalue weighted by atomic mass is 16.5. The zero-order valence-corrected chi connectivity index (χ0v) is 10.5. The van der Waals surface area contributed by atoms with Gasteiger partial charge in [0.25, 0.3) is 0 Å². The van der Waals surface area contributed by atoms with Crippen LogP contribution in [0.5, 0.6) is 0 Å². The number of rotatable bonds is 4. The van der Waals surface area contributed by atoms with Gasteiger partial charge in [-0.3, -0.25) is 9.69 Å². The van der Waals surface area contributed by atoms with Gasteiger partial charge in [0.2, 0.25) is 5.91 Å². The van der Waals surface area contributed by atoms with Crippen LogP contribution in [0.25, 0.3) is 0 Å². The number of carbonyl (C=O) groups is 2. The Balaban J connectivity index is 2.06. The third kappa shape index (κ3) is 3.09. The van der Waals surface area contributed by atoms with E-state index >= 15 is 0 Å². The number of carbonyl (C=O) groups excluding carboxylic acids is 1. The zero-order valence-electron chi connectivity index (χ0n) is 10.5. The van der Waals surface area contributed by atoms with E-state index in [1.165, 1.54) is 6.07 Å². The largest absolute Gasteiger partial charge is 0.476 e. The number of nitrogens with zero attached hydrogens (tertiary/aromatic N) is 2. The molecule has 1 aliphatic rings. The molecule has 19 heavy (non-hydrogen) atoms. The van der Waals surface area contributed by atoms with E-state index in [9.17, 15) is 9.59 Å². The Hall–Kier alpha value is -1.93. The molecule has 1 atom stereocenters. The van der Waals surface area contributed by atoms with Gasteiger partial charge in [-0.25, -0.2) is 4.79 Å². The molecule has 2 rings (SSSR count). The molecule has 2 heterocycles. The Morgan fingerprint density at radius 1 is 1.63 bits per heavy atom. The van der Waals surface area contributed by atoms with Gasteiger partial charge in [-0.1, -0.05) is 5.16 Å². The predicted octanol–water partition coefficient (Wildman–Crippen LogP) is -0.680. The van der Waals surface area contributed by atoms with E-state index in [2.05, 4.69) is 10.5 Å². The molecule has 8 heteroatoms. The highest BCUT2D eigenvalue weighted by molar-refractivity contribution is 5.85. The zero-order chi connectivity index (χ0) is 13.8. The minimum Gasteiger partial charge on any atom is -0.476 e. The molecule has 0 radical (unpaired) electrons. The average Bonchev–Trinajstić information content (AvgIpc) is 2.87. The van der Waals surface area contributed by atoms with Crippen LogP contribution in [-0.4, -0.2) is 59.9 Å². The van der Waals surface area contributed by atoms with Crippen molar-refractivity contribution < 1.29 is 24.0 Å². The lowest BCUT2D eigenvalue weighted by molar-refractivity contribution is -0.132. The average molecular weight is 269 g/mol. The number of likely N-dealkylation sites (N-methyl/N-ethyl adjacent to an activating group) is 1. The normalized spacial score (nSPS) is 20.2. The van der Waals surface area contributed by atoms with Gasteiger partial charge in [0.1, 0.15) is 6.04 Å². The smallest absolute Gasteiger partial charge is 0.358 e. The Kier molecular flexibility index (Phi) is 4.13. The molecule has 1 aliphatic heterocycles. The number of hydrogen-bond acceptors (Lipinski definition) is 6. The molecule has 0 aliphatic carbocycles. The van der Waals surface area contributed by atoms with Crippen molar-refractivity contribution in [3.8, 4) is 0 Å².